The molecule has 8 nitrogen and oxygen atoms in total. The average Bonchev–Trinajstić information content (AvgIpc) is 2.94. The van der Waals surface area contributed by atoms with Crippen LogP contribution in [0.3, 0.4) is 0 Å². The molecule has 0 aliphatic carbocycles. The molecular weight excluding hydrogens is 272 g/mol. The van der Waals surface area contributed by atoms with E-state index in [-0.39, 0.29) is 5.82 Å². The average molecular weight is 285 g/mol. The number of rotatable bonds is 6. The van der Waals surface area contributed by atoms with Crippen LogP contribution in [0, 0.1) is 17.0 Å². The molecule has 0 fully saturated rings. The SMILES string of the molecule is Cc1ncc([N+](=O)[O-])n1CCn1cc(CCCl)nn1. The highest BCUT2D eigenvalue weighted by Gasteiger charge is 2.17. The van der Waals surface area contributed by atoms with Crippen LogP contribution in [0.1, 0.15) is 11.5 Å². The van der Waals surface area contributed by atoms with Crippen LogP contribution in [0.5, 0.6) is 0 Å². The maximum Gasteiger partial charge on any atom is 0.342 e. The molecule has 0 saturated carbocycles. The van der Waals surface area contributed by atoms with Crippen LogP contribution in [0.4, 0.5) is 5.82 Å². The molecule has 0 radical (unpaired) electrons. The van der Waals surface area contributed by atoms with Crippen molar-refractivity contribution in [2.45, 2.75) is 26.4 Å². The van der Waals surface area contributed by atoms with Gasteiger partial charge in [0.25, 0.3) is 0 Å². The summed E-state index contributed by atoms with van der Waals surface area (Å²) in [5.41, 5.74) is 0.812. The molecule has 0 N–H and O–H groups in total. The van der Waals surface area contributed by atoms with Crippen LogP contribution in [0.2, 0.25) is 0 Å². The molecule has 0 amide bonds. The number of hydrogen-bond donors (Lipinski definition) is 0. The van der Waals surface area contributed by atoms with Crippen molar-refractivity contribution in [3.8, 4) is 0 Å². The summed E-state index contributed by atoms with van der Waals surface area (Å²) in [5, 5.41) is 18.7. The standard InChI is InChI=1S/C10H13ClN6O2/c1-8-12-6-10(17(18)19)16(8)5-4-15-7-9(2-3-11)13-14-15/h6-7H,2-5H2,1H3. The van der Waals surface area contributed by atoms with Gasteiger partial charge in [0, 0.05) is 25.4 Å². The van der Waals surface area contributed by atoms with Crippen molar-refractivity contribution in [1.82, 2.24) is 24.5 Å². The summed E-state index contributed by atoms with van der Waals surface area (Å²) < 4.78 is 3.19. The number of nitro groups is 1. The Balaban J connectivity index is 2.05. The monoisotopic (exact) mass is 284 g/mol. The van der Waals surface area contributed by atoms with Gasteiger partial charge >= 0.3 is 5.82 Å². The Hall–Kier alpha value is -1.96. The van der Waals surface area contributed by atoms with Crippen molar-refractivity contribution in [3.05, 3.63) is 34.0 Å². The van der Waals surface area contributed by atoms with Crippen molar-refractivity contribution < 1.29 is 4.92 Å². The van der Waals surface area contributed by atoms with Crippen LogP contribution in [0.15, 0.2) is 12.4 Å². The summed E-state index contributed by atoms with van der Waals surface area (Å²) in [6, 6.07) is 0. The van der Waals surface area contributed by atoms with Gasteiger partial charge in [-0.2, -0.15) is 0 Å². The quantitative estimate of drug-likeness (QED) is 0.451. The molecule has 9 heteroatoms. The van der Waals surface area contributed by atoms with Gasteiger partial charge in [-0.15, -0.1) is 16.7 Å². The van der Waals surface area contributed by atoms with Crippen molar-refractivity contribution in [3.63, 3.8) is 0 Å². The molecule has 2 heterocycles. The lowest BCUT2D eigenvalue weighted by Gasteiger charge is -2.02. The predicted octanol–water partition coefficient (Wildman–Crippen LogP) is 1.17. The smallest absolute Gasteiger partial charge is 0.342 e. The van der Waals surface area contributed by atoms with Crippen molar-refractivity contribution >= 4 is 17.4 Å². The summed E-state index contributed by atoms with van der Waals surface area (Å²) in [7, 11) is 0. The Labute approximate surface area is 114 Å². The number of nitrogens with zero attached hydrogens (tertiary/aromatic N) is 6. The Kier molecular flexibility index (Phi) is 4.10. The number of halogens is 1. The topological polar surface area (TPSA) is 91.7 Å². The molecule has 19 heavy (non-hydrogen) atoms. The molecule has 0 aromatic carbocycles. The van der Waals surface area contributed by atoms with Crippen LogP contribution >= 0.6 is 11.6 Å². The van der Waals surface area contributed by atoms with Crippen LogP contribution in [-0.2, 0) is 19.5 Å². The van der Waals surface area contributed by atoms with Gasteiger partial charge in [-0.1, -0.05) is 5.21 Å². The van der Waals surface area contributed by atoms with Gasteiger partial charge in [0.15, 0.2) is 5.82 Å². The third kappa shape index (κ3) is 3.08. The second-order valence-electron chi connectivity index (χ2n) is 3.98. The third-order valence-corrected chi connectivity index (χ3v) is 2.90. The van der Waals surface area contributed by atoms with E-state index in [1.165, 1.54) is 6.20 Å². The van der Waals surface area contributed by atoms with Gasteiger partial charge in [-0.25, -0.2) is 14.2 Å². The number of imidazole rings is 1. The first-order valence-corrected chi connectivity index (χ1v) is 6.26. The number of aryl methyl sites for hydroxylation is 3. The van der Waals surface area contributed by atoms with E-state index in [4.69, 9.17) is 11.6 Å². The fourth-order valence-electron chi connectivity index (χ4n) is 1.74. The van der Waals surface area contributed by atoms with Gasteiger partial charge in [0.2, 0.25) is 0 Å². The molecule has 0 unspecified atom stereocenters. The first-order valence-electron chi connectivity index (χ1n) is 5.73. The molecule has 0 bridgehead atoms. The van der Waals surface area contributed by atoms with E-state index in [0.29, 0.717) is 31.2 Å². The van der Waals surface area contributed by atoms with Gasteiger partial charge in [-0.3, -0.25) is 0 Å². The number of hydrogen-bond acceptors (Lipinski definition) is 5. The van der Waals surface area contributed by atoms with E-state index in [0.717, 1.165) is 5.69 Å². The zero-order valence-electron chi connectivity index (χ0n) is 10.4. The summed E-state index contributed by atoms with van der Waals surface area (Å²) >= 11 is 5.62. The van der Waals surface area contributed by atoms with E-state index in [1.807, 2.05) is 0 Å². The first kappa shape index (κ1) is 13.5. The molecule has 0 aliphatic rings. The molecular formula is C10H13ClN6O2. The molecule has 2 aromatic rings. The zero-order valence-corrected chi connectivity index (χ0v) is 11.1. The minimum atomic E-state index is -0.444. The highest BCUT2D eigenvalue weighted by molar-refractivity contribution is 6.17. The molecule has 0 spiro atoms. The Morgan fingerprint density at radius 3 is 2.95 bits per heavy atom. The minimum absolute atomic E-state index is 0.0152. The number of aromatic nitrogens is 5. The van der Waals surface area contributed by atoms with Crippen molar-refractivity contribution in [2.24, 2.45) is 0 Å². The van der Waals surface area contributed by atoms with E-state index in [2.05, 4.69) is 15.3 Å². The largest absolute Gasteiger partial charge is 0.358 e. The first-order chi connectivity index (χ1) is 9.11. The molecule has 0 atom stereocenters. The lowest BCUT2D eigenvalue weighted by atomic mass is 10.4. The van der Waals surface area contributed by atoms with Gasteiger partial charge < -0.3 is 10.1 Å². The maximum atomic E-state index is 10.8. The van der Waals surface area contributed by atoms with Crippen LogP contribution < -0.4 is 0 Å². The Bertz CT molecular complexity index is 578. The van der Waals surface area contributed by atoms with Gasteiger partial charge in [-0.05, 0) is 4.92 Å². The Morgan fingerprint density at radius 1 is 1.47 bits per heavy atom. The molecule has 0 aliphatic heterocycles. The van der Waals surface area contributed by atoms with Gasteiger partial charge in [0.05, 0.1) is 12.2 Å². The highest BCUT2D eigenvalue weighted by Crippen LogP contribution is 2.13. The van der Waals surface area contributed by atoms with E-state index < -0.39 is 4.92 Å². The molecule has 2 rings (SSSR count). The summed E-state index contributed by atoms with van der Waals surface area (Å²) in [6.45, 7) is 2.65. The summed E-state index contributed by atoms with van der Waals surface area (Å²) in [6.07, 6.45) is 3.71. The Morgan fingerprint density at radius 2 is 2.26 bits per heavy atom. The molecule has 0 saturated heterocycles. The lowest BCUT2D eigenvalue weighted by Crippen LogP contribution is -2.11. The highest BCUT2D eigenvalue weighted by atomic mass is 35.5. The van der Waals surface area contributed by atoms with Crippen molar-refractivity contribution in [1.29, 1.82) is 0 Å². The minimum Gasteiger partial charge on any atom is -0.358 e. The maximum absolute atomic E-state index is 10.8. The van der Waals surface area contributed by atoms with Gasteiger partial charge in [0.1, 0.15) is 12.7 Å². The second kappa shape index (κ2) is 5.79. The van der Waals surface area contributed by atoms with E-state index >= 15 is 0 Å². The summed E-state index contributed by atoms with van der Waals surface area (Å²) in [4.78, 5) is 14.3. The molecule has 2 aromatic heterocycles. The van der Waals surface area contributed by atoms with E-state index in [1.54, 1.807) is 22.4 Å². The zero-order chi connectivity index (χ0) is 13.8. The number of alkyl halides is 1. The van der Waals surface area contributed by atoms with E-state index in [9.17, 15) is 10.1 Å². The second-order valence-corrected chi connectivity index (χ2v) is 4.36. The van der Waals surface area contributed by atoms with Crippen LogP contribution in [0.25, 0.3) is 0 Å². The van der Waals surface area contributed by atoms with Crippen molar-refractivity contribution in [2.75, 3.05) is 5.88 Å². The summed E-state index contributed by atoms with van der Waals surface area (Å²) in [5.74, 6) is 1.08. The lowest BCUT2D eigenvalue weighted by molar-refractivity contribution is -0.392. The predicted molar refractivity (Wildman–Crippen MR) is 68.1 cm³/mol. The fourth-order valence-corrected chi connectivity index (χ4v) is 1.93. The fraction of sp³-hybridized carbons (Fsp3) is 0.500. The third-order valence-electron chi connectivity index (χ3n) is 2.71. The molecule has 102 valence electrons. The normalized spacial score (nSPS) is 10.8. The van der Waals surface area contributed by atoms with Crippen LogP contribution in [-0.4, -0.2) is 35.3 Å².